The van der Waals surface area contributed by atoms with Gasteiger partial charge < -0.3 is 14.6 Å². The Labute approximate surface area is 187 Å². The van der Waals surface area contributed by atoms with Gasteiger partial charge in [0.15, 0.2) is 0 Å². The molecule has 0 amide bonds. The fourth-order valence-corrected chi connectivity index (χ4v) is 4.77. The molecule has 30 heavy (non-hydrogen) atoms. The third-order valence-electron chi connectivity index (χ3n) is 6.66. The van der Waals surface area contributed by atoms with Crippen molar-refractivity contribution in [2.75, 3.05) is 26.3 Å². The van der Waals surface area contributed by atoms with Gasteiger partial charge in [0.25, 0.3) is 0 Å². The molecule has 1 fully saturated rings. The van der Waals surface area contributed by atoms with Crippen molar-refractivity contribution < 1.29 is 19.4 Å². The molecule has 2 aliphatic rings. The zero-order chi connectivity index (χ0) is 20.7. The van der Waals surface area contributed by atoms with Gasteiger partial charge in [0, 0.05) is 11.0 Å². The molecule has 0 aromatic heterocycles. The van der Waals surface area contributed by atoms with Gasteiger partial charge in [-0.3, -0.25) is 9.69 Å². The second-order valence-corrected chi connectivity index (χ2v) is 8.64. The number of fused-ring (bicyclic) bond motifs is 2. The molecule has 1 aromatic rings. The first-order chi connectivity index (χ1) is 14.1. The molecular weight excluding hydrogens is 402 g/mol. The van der Waals surface area contributed by atoms with Crippen molar-refractivity contribution in [1.82, 2.24) is 4.90 Å². The maximum absolute atomic E-state index is 11.5. The van der Waals surface area contributed by atoms with Gasteiger partial charge in [0.2, 0.25) is 0 Å². The van der Waals surface area contributed by atoms with E-state index in [-0.39, 0.29) is 23.9 Å². The van der Waals surface area contributed by atoms with Crippen LogP contribution in [0, 0.1) is 0 Å². The SMILES string of the molecule is CCCCCCCCOc1ccc2c(c1)C1(CCN(C(CC)C(=O)O)CC1)CO2.Cl. The number of carboxylic acid groups (broad SMARTS) is 1. The molecule has 5 nitrogen and oxygen atoms in total. The third-order valence-corrected chi connectivity index (χ3v) is 6.66. The molecule has 3 rings (SSSR count). The summed E-state index contributed by atoms with van der Waals surface area (Å²) in [5, 5.41) is 9.46. The van der Waals surface area contributed by atoms with Crippen LogP contribution < -0.4 is 9.47 Å². The molecule has 1 N–H and O–H groups in total. The predicted molar refractivity (Wildman–Crippen MR) is 122 cm³/mol. The number of halogens is 1. The van der Waals surface area contributed by atoms with Crippen LogP contribution in [0.15, 0.2) is 18.2 Å². The lowest BCUT2D eigenvalue weighted by molar-refractivity contribution is -0.144. The van der Waals surface area contributed by atoms with Crippen molar-refractivity contribution in [3.8, 4) is 11.5 Å². The first-order valence-electron chi connectivity index (χ1n) is 11.5. The molecular formula is C24H38ClNO4. The van der Waals surface area contributed by atoms with Crippen LogP contribution in [0.2, 0.25) is 0 Å². The largest absolute Gasteiger partial charge is 0.494 e. The van der Waals surface area contributed by atoms with Crippen molar-refractivity contribution in [3.63, 3.8) is 0 Å². The summed E-state index contributed by atoms with van der Waals surface area (Å²) in [7, 11) is 0. The summed E-state index contributed by atoms with van der Waals surface area (Å²) >= 11 is 0. The van der Waals surface area contributed by atoms with E-state index in [1.165, 1.54) is 37.7 Å². The molecule has 1 atom stereocenters. The van der Waals surface area contributed by atoms with E-state index in [4.69, 9.17) is 9.47 Å². The Morgan fingerprint density at radius 1 is 1.17 bits per heavy atom. The van der Waals surface area contributed by atoms with E-state index in [9.17, 15) is 9.90 Å². The first kappa shape index (κ1) is 24.8. The second kappa shape index (κ2) is 11.8. The summed E-state index contributed by atoms with van der Waals surface area (Å²) in [6, 6.07) is 5.85. The molecule has 0 saturated carbocycles. The summed E-state index contributed by atoms with van der Waals surface area (Å²) in [6.07, 6.45) is 10.1. The van der Waals surface area contributed by atoms with E-state index in [0.717, 1.165) is 50.5 Å². The lowest BCUT2D eigenvalue weighted by Crippen LogP contribution is -2.50. The van der Waals surface area contributed by atoms with Gasteiger partial charge in [0.1, 0.15) is 17.5 Å². The minimum absolute atomic E-state index is 0. The molecule has 2 heterocycles. The van der Waals surface area contributed by atoms with Gasteiger partial charge >= 0.3 is 5.97 Å². The number of ether oxygens (including phenoxy) is 2. The van der Waals surface area contributed by atoms with E-state index in [1.54, 1.807) is 0 Å². The number of carboxylic acids is 1. The third kappa shape index (κ3) is 5.82. The van der Waals surface area contributed by atoms with E-state index < -0.39 is 5.97 Å². The Balaban J connectivity index is 0.00000320. The smallest absolute Gasteiger partial charge is 0.320 e. The zero-order valence-corrected chi connectivity index (χ0v) is 19.3. The van der Waals surface area contributed by atoms with E-state index in [2.05, 4.69) is 17.9 Å². The molecule has 2 aliphatic heterocycles. The molecule has 0 radical (unpaired) electrons. The summed E-state index contributed by atoms with van der Waals surface area (Å²) in [5.74, 6) is 1.19. The number of piperidine rings is 1. The van der Waals surface area contributed by atoms with Crippen molar-refractivity contribution in [2.45, 2.75) is 83.1 Å². The number of carbonyl (C=O) groups is 1. The average Bonchev–Trinajstić information content (AvgIpc) is 3.07. The molecule has 6 heteroatoms. The minimum atomic E-state index is -0.711. The molecule has 1 aromatic carbocycles. The van der Waals surface area contributed by atoms with Crippen molar-refractivity contribution in [2.24, 2.45) is 0 Å². The number of hydrogen-bond acceptors (Lipinski definition) is 4. The van der Waals surface area contributed by atoms with Gasteiger partial charge in [-0.05, 0) is 57.0 Å². The molecule has 0 bridgehead atoms. The highest BCUT2D eigenvalue weighted by atomic mass is 35.5. The summed E-state index contributed by atoms with van der Waals surface area (Å²) in [4.78, 5) is 13.6. The van der Waals surface area contributed by atoms with Crippen LogP contribution in [-0.2, 0) is 10.2 Å². The maximum atomic E-state index is 11.5. The number of nitrogens with zero attached hydrogens (tertiary/aromatic N) is 1. The number of unbranched alkanes of at least 4 members (excludes halogenated alkanes) is 5. The monoisotopic (exact) mass is 439 g/mol. The van der Waals surface area contributed by atoms with E-state index in [1.807, 2.05) is 19.1 Å². The zero-order valence-electron chi connectivity index (χ0n) is 18.5. The summed E-state index contributed by atoms with van der Waals surface area (Å²) in [6.45, 7) is 7.26. The standard InChI is InChI=1S/C24H37NO4.ClH/c1-3-5-6-7-8-9-16-28-19-10-11-22-20(17-19)24(18-29-22)12-14-25(15-13-24)21(4-2)23(26)27;/h10-11,17,21H,3-9,12-16,18H2,1-2H3,(H,26,27);1H. The molecule has 0 aliphatic carbocycles. The van der Waals surface area contributed by atoms with Gasteiger partial charge in [-0.15, -0.1) is 12.4 Å². The lowest BCUT2D eigenvalue weighted by Gasteiger charge is -2.40. The van der Waals surface area contributed by atoms with Crippen molar-refractivity contribution in [1.29, 1.82) is 0 Å². The highest BCUT2D eigenvalue weighted by molar-refractivity contribution is 5.85. The number of hydrogen-bond donors (Lipinski definition) is 1. The Morgan fingerprint density at radius 3 is 2.53 bits per heavy atom. The van der Waals surface area contributed by atoms with Crippen molar-refractivity contribution in [3.05, 3.63) is 23.8 Å². The van der Waals surface area contributed by atoms with Gasteiger partial charge in [-0.25, -0.2) is 0 Å². The molecule has 1 saturated heterocycles. The fourth-order valence-electron chi connectivity index (χ4n) is 4.77. The molecule has 1 unspecified atom stereocenters. The van der Waals surface area contributed by atoms with Crippen LogP contribution >= 0.6 is 12.4 Å². The Hall–Kier alpha value is -1.46. The Morgan fingerprint density at radius 2 is 1.87 bits per heavy atom. The summed E-state index contributed by atoms with van der Waals surface area (Å²) < 4.78 is 12.0. The van der Waals surface area contributed by atoms with Crippen LogP contribution in [0.4, 0.5) is 0 Å². The van der Waals surface area contributed by atoms with E-state index >= 15 is 0 Å². The van der Waals surface area contributed by atoms with Crippen molar-refractivity contribution >= 4 is 18.4 Å². The molecule has 1 spiro atoms. The number of aliphatic carboxylic acids is 1. The second-order valence-electron chi connectivity index (χ2n) is 8.64. The lowest BCUT2D eigenvalue weighted by atomic mass is 9.74. The van der Waals surface area contributed by atoms with Crippen LogP contribution in [0.5, 0.6) is 11.5 Å². The first-order valence-corrected chi connectivity index (χ1v) is 11.5. The predicted octanol–water partition coefficient (Wildman–Crippen LogP) is 5.44. The Kier molecular flexibility index (Phi) is 9.76. The fraction of sp³-hybridized carbons (Fsp3) is 0.708. The molecule has 170 valence electrons. The minimum Gasteiger partial charge on any atom is -0.494 e. The van der Waals surface area contributed by atoms with E-state index in [0.29, 0.717) is 13.0 Å². The summed E-state index contributed by atoms with van der Waals surface area (Å²) in [5.41, 5.74) is 1.25. The van der Waals surface area contributed by atoms with Gasteiger partial charge in [0.05, 0.1) is 13.2 Å². The van der Waals surface area contributed by atoms with Crippen LogP contribution in [-0.4, -0.2) is 48.3 Å². The van der Waals surface area contributed by atoms with Crippen LogP contribution in [0.1, 0.15) is 77.2 Å². The quantitative estimate of drug-likeness (QED) is 0.465. The average molecular weight is 440 g/mol. The maximum Gasteiger partial charge on any atom is 0.320 e. The number of likely N-dealkylation sites (tertiary alicyclic amines) is 1. The number of rotatable bonds is 11. The van der Waals surface area contributed by atoms with Gasteiger partial charge in [-0.2, -0.15) is 0 Å². The topological polar surface area (TPSA) is 59.0 Å². The normalized spacial score (nSPS) is 18.3. The van der Waals surface area contributed by atoms with Crippen LogP contribution in [0.3, 0.4) is 0 Å². The highest BCUT2D eigenvalue weighted by Gasteiger charge is 2.44. The highest BCUT2D eigenvalue weighted by Crippen LogP contribution is 2.47. The number of benzene rings is 1. The Bertz CT molecular complexity index is 673. The van der Waals surface area contributed by atoms with Crippen LogP contribution in [0.25, 0.3) is 0 Å². The van der Waals surface area contributed by atoms with Gasteiger partial charge in [-0.1, -0.05) is 46.0 Å².